The van der Waals surface area contributed by atoms with Crippen molar-refractivity contribution in [2.75, 3.05) is 12.4 Å². The second-order valence-electron chi connectivity index (χ2n) is 5.40. The maximum atomic E-state index is 12.2. The summed E-state index contributed by atoms with van der Waals surface area (Å²) < 4.78 is 5.28. The summed E-state index contributed by atoms with van der Waals surface area (Å²) in [5.74, 6) is -0.585. The Labute approximate surface area is 159 Å². The van der Waals surface area contributed by atoms with Gasteiger partial charge in [-0.15, -0.1) is 0 Å². The molecule has 0 spiro atoms. The minimum absolute atomic E-state index is 0.197. The fourth-order valence-electron chi connectivity index (χ4n) is 2.37. The fourth-order valence-corrected chi connectivity index (χ4v) is 3.52. The molecule has 0 aliphatic carbocycles. The van der Waals surface area contributed by atoms with E-state index in [4.69, 9.17) is 21.4 Å². The lowest BCUT2D eigenvalue weighted by atomic mass is 10.1. The van der Waals surface area contributed by atoms with E-state index in [0.29, 0.717) is 21.4 Å². The van der Waals surface area contributed by atoms with Gasteiger partial charge < -0.3 is 20.5 Å². The predicted octanol–water partition coefficient (Wildman–Crippen LogP) is 3.65. The van der Waals surface area contributed by atoms with Crippen LogP contribution in [0.3, 0.4) is 0 Å². The summed E-state index contributed by atoms with van der Waals surface area (Å²) in [5, 5.41) is 15.5. The first-order chi connectivity index (χ1) is 12.5. The highest BCUT2D eigenvalue weighted by Gasteiger charge is 2.27. The Balaban J connectivity index is 1.74. The minimum atomic E-state index is -0.989. The predicted molar refractivity (Wildman–Crippen MR) is 103 cm³/mol. The lowest BCUT2D eigenvalue weighted by molar-refractivity contribution is -0.116. The molecule has 2 aromatic rings. The normalized spacial score (nSPS) is 17.8. The highest BCUT2D eigenvalue weighted by Crippen LogP contribution is 2.34. The molecule has 3 N–H and O–H groups in total. The van der Waals surface area contributed by atoms with E-state index in [9.17, 15) is 9.59 Å². The fraction of sp³-hybridized carbons (Fsp3) is 0.111. The summed E-state index contributed by atoms with van der Waals surface area (Å²) in [7, 11) is 1.56. The maximum Gasteiger partial charge on any atom is 0.335 e. The molecule has 1 saturated heterocycles. The molecular weight excluding hydrogens is 376 g/mol. The molecule has 3 rings (SSSR count). The molecule has 1 aliphatic rings. The molecule has 6 nitrogen and oxygen atoms in total. The van der Waals surface area contributed by atoms with Crippen LogP contribution in [0.4, 0.5) is 5.69 Å². The number of thioether (sulfide) groups is 1. The highest BCUT2D eigenvalue weighted by atomic mass is 35.5. The molecule has 26 heavy (non-hydrogen) atoms. The van der Waals surface area contributed by atoms with Crippen molar-refractivity contribution < 1.29 is 19.4 Å². The van der Waals surface area contributed by atoms with Crippen LogP contribution in [-0.4, -0.2) is 29.6 Å². The molecule has 1 heterocycles. The number of ether oxygens (including phenoxy) is 1. The van der Waals surface area contributed by atoms with Gasteiger partial charge in [-0.2, -0.15) is 0 Å². The number of halogens is 1. The van der Waals surface area contributed by atoms with Crippen LogP contribution in [0.5, 0.6) is 5.75 Å². The van der Waals surface area contributed by atoms with Crippen LogP contribution in [0.25, 0.3) is 6.08 Å². The lowest BCUT2D eigenvalue weighted by Gasteiger charge is -2.15. The first kappa shape index (κ1) is 18.2. The Morgan fingerprint density at radius 2 is 2.04 bits per heavy atom. The smallest absolute Gasteiger partial charge is 0.335 e. The van der Waals surface area contributed by atoms with E-state index in [1.54, 1.807) is 43.5 Å². The summed E-state index contributed by atoms with van der Waals surface area (Å²) in [6.45, 7) is 0. The average molecular weight is 391 g/mol. The van der Waals surface area contributed by atoms with E-state index in [0.717, 1.165) is 5.56 Å². The zero-order valence-corrected chi connectivity index (χ0v) is 15.2. The van der Waals surface area contributed by atoms with Crippen LogP contribution < -0.4 is 15.4 Å². The van der Waals surface area contributed by atoms with Gasteiger partial charge in [0.15, 0.2) is 5.50 Å². The number of carboxylic acid groups (broad SMARTS) is 1. The molecule has 0 saturated carbocycles. The number of nitrogens with one attached hydrogen (secondary N) is 2. The Kier molecular flexibility index (Phi) is 5.39. The molecule has 0 radical (unpaired) electrons. The van der Waals surface area contributed by atoms with Gasteiger partial charge in [-0.3, -0.25) is 4.79 Å². The van der Waals surface area contributed by atoms with Gasteiger partial charge in [0.2, 0.25) is 0 Å². The van der Waals surface area contributed by atoms with Gasteiger partial charge in [-0.1, -0.05) is 35.5 Å². The standard InChI is InChI=1S/C18H15ClN2O4S/c1-25-14-7-6-12(19)9-13(14)20-18-21-16(22)15(26-18)8-10-2-4-11(5-3-10)17(23)24/h2-9,18,20H,1H3,(H,21,22)(H,23,24)/b15-8-. The van der Waals surface area contributed by atoms with Crippen molar-refractivity contribution in [1.29, 1.82) is 0 Å². The number of benzene rings is 2. The van der Waals surface area contributed by atoms with Gasteiger partial charge >= 0.3 is 5.97 Å². The topological polar surface area (TPSA) is 87.7 Å². The second kappa shape index (κ2) is 7.72. The first-order valence-electron chi connectivity index (χ1n) is 7.59. The SMILES string of the molecule is COc1ccc(Cl)cc1NC1NC(=O)/C(=C/c2ccc(C(=O)O)cc2)S1. The van der Waals surface area contributed by atoms with Crippen molar-refractivity contribution in [1.82, 2.24) is 5.32 Å². The van der Waals surface area contributed by atoms with Gasteiger partial charge in [-0.05, 0) is 42.0 Å². The number of hydrogen-bond donors (Lipinski definition) is 3. The summed E-state index contributed by atoms with van der Waals surface area (Å²) in [6.07, 6.45) is 1.71. The zero-order chi connectivity index (χ0) is 18.7. The summed E-state index contributed by atoms with van der Waals surface area (Å²) in [4.78, 5) is 23.6. The number of anilines is 1. The Morgan fingerprint density at radius 1 is 1.31 bits per heavy atom. The molecular formula is C18H15ClN2O4S. The number of carbonyl (C=O) groups excluding carboxylic acids is 1. The summed E-state index contributed by atoms with van der Waals surface area (Å²) in [5.41, 5.74) is 1.24. The van der Waals surface area contributed by atoms with Crippen LogP contribution in [0.15, 0.2) is 47.4 Å². The average Bonchev–Trinajstić information content (AvgIpc) is 2.95. The van der Waals surface area contributed by atoms with E-state index in [2.05, 4.69) is 10.6 Å². The van der Waals surface area contributed by atoms with Crippen molar-refractivity contribution in [2.45, 2.75) is 5.50 Å². The lowest BCUT2D eigenvalue weighted by Crippen LogP contribution is -2.31. The number of carbonyl (C=O) groups is 2. The number of methoxy groups -OCH3 is 1. The molecule has 134 valence electrons. The molecule has 2 aromatic carbocycles. The van der Waals surface area contributed by atoms with Crippen LogP contribution >= 0.6 is 23.4 Å². The van der Waals surface area contributed by atoms with E-state index in [1.807, 2.05) is 0 Å². The largest absolute Gasteiger partial charge is 0.495 e. The van der Waals surface area contributed by atoms with E-state index >= 15 is 0 Å². The molecule has 1 fully saturated rings. The van der Waals surface area contributed by atoms with E-state index < -0.39 is 5.97 Å². The third-order valence-corrected chi connectivity index (χ3v) is 4.90. The van der Waals surface area contributed by atoms with Crippen LogP contribution in [0, 0.1) is 0 Å². The van der Waals surface area contributed by atoms with Crippen molar-refractivity contribution in [3.05, 3.63) is 63.5 Å². The molecule has 1 atom stereocenters. The quantitative estimate of drug-likeness (QED) is 0.675. The van der Waals surface area contributed by atoms with Crippen molar-refractivity contribution in [3.8, 4) is 5.75 Å². The third-order valence-electron chi connectivity index (χ3n) is 3.63. The van der Waals surface area contributed by atoms with Gasteiger partial charge in [0, 0.05) is 5.02 Å². The molecule has 8 heteroatoms. The van der Waals surface area contributed by atoms with E-state index in [-0.39, 0.29) is 17.0 Å². The number of carboxylic acids is 1. The Morgan fingerprint density at radius 3 is 2.69 bits per heavy atom. The maximum absolute atomic E-state index is 12.2. The highest BCUT2D eigenvalue weighted by molar-refractivity contribution is 8.05. The third kappa shape index (κ3) is 4.12. The van der Waals surface area contributed by atoms with Crippen molar-refractivity contribution >= 4 is 47.0 Å². The van der Waals surface area contributed by atoms with Gasteiger partial charge in [-0.25, -0.2) is 4.79 Å². The number of aromatic carboxylic acids is 1. The zero-order valence-electron chi connectivity index (χ0n) is 13.7. The van der Waals surface area contributed by atoms with Crippen LogP contribution in [-0.2, 0) is 4.79 Å². The Bertz CT molecular complexity index is 883. The first-order valence-corrected chi connectivity index (χ1v) is 8.84. The molecule has 1 unspecified atom stereocenters. The Hall–Kier alpha value is -2.64. The van der Waals surface area contributed by atoms with Crippen molar-refractivity contribution in [3.63, 3.8) is 0 Å². The molecule has 1 aliphatic heterocycles. The molecule has 1 amide bonds. The second-order valence-corrected chi connectivity index (χ2v) is 6.98. The van der Waals surface area contributed by atoms with Gasteiger partial charge in [0.05, 0.1) is 23.3 Å². The summed E-state index contributed by atoms with van der Waals surface area (Å²) in [6, 6.07) is 11.5. The van der Waals surface area contributed by atoms with Gasteiger partial charge in [0.1, 0.15) is 5.75 Å². The van der Waals surface area contributed by atoms with Crippen molar-refractivity contribution in [2.24, 2.45) is 0 Å². The number of amides is 1. The molecule has 0 bridgehead atoms. The summed E-state index contributed by atoms with van der Waals surface area (Å²) >= 11 is 7.33. The van der Waals surface area contributed by atoms with Gasteiger partial charge in [0.25, 0.3) is 5.91 Å². The number of rotatable bonds is 5. The van der Waals surface area contributed by atoms with Crippen LogP contribution in [0.1, 0.15) is 15.9 Å². The van der Waals surface area contributed by atoms with E-state index in [1.165, 1.54) is 23.9 Å². The molecule has 0 aromatic heterocycles. The minimum Gasteiger partial charge on any atom is -0.495 e. The number of hydrogen-bond acceptors (Lipinski definition) is 5. The van der Waals surface area contributed by atoms with Crippen LogP contribution in [0.2, 0.25) is 5.02 Å². The monoisotopic (exact) mass is 390 g/mol.